The molecule has 0 unspecified atom stereocenters. The predicted octanol–water partition coefficient (Wildman–Crippen LogP) is 2.73. The molecule has 0 radical (unpaired) electrons. The summed E-state index contributed by atoms with van der Waals surface area (Å²) in [6.07, 6.45) is 0. The molecule has 0 atom stereocenters. The highest BCUT2D eigenvalue weighted by Gasteiger charge is 2.26. The lowest BCUT2D eigenvalue weighted by atomic mass is 9.84. The highest BCUT2D eigenvalue weighted by molar-refractivity contribution is 9.10. The van der Waals surface area contributed by atoms with Crippen molar-refractivity contribution in [2.24, 2.45) is 0 Å². The monoisotopic (exact) mass is 258 g/mol. The van der Waals surface area contributed by atoms with Crippen LogP contribution in [0.1, 0.15) is 25.0 Å². The van der Waals surface area contributed by atoms with Gasteiger partial charge in [-0.3, -0.25) is 0 Å². The van der Waals surface area contributed by atoms with Crippen LogP contribution in [-0.2, 0) is 5.41 Å². The molecule has 2 nitrogen and oxygen atoms in total. The van der Waals surface area contributed by atoms with Gasteiger partial charge in [-0.1, -0.05) is 35.8 Å². The summed E-state index contributed by atoms with van der Waals surface area (Å²) in [6.45, 7) is 5.64. The minimum atomic E-state index is -0.436. The summed E-state index contributed by atoms with van der Waals surface area (Å²) in [6, 6.07) is 3.73. The quantitative estimate of drug-likeness (QED) is 0.857. The molecule has 0 amide bonds. The Morgan fingerprint density at radius 3 is 2.43 bits per heavy atom. The average molecular weight is 259 g/mol. The zero-order chi connectivity index (χ0) is 10.9. The number of phenols is 1. The fraction of sp³-hybridized carbons (Fsp3) is 0.455. The third-order valence-corrected chi connectivity index (χ3v) is 3.06. The SMILES string of the molecule is Cc1ccc(Br)c(C(C)(C)CO)c1O. The summed E-state index contributed by atoms with van der Waals surface area (Å²) < 4.78 is 0.833. The maximum atomic E-state index is 9.90. The van der Waals surface area contributed by atoms with E-state index in [1.165, 1.54) is 0 Å². The van der Waals surface area contributed by atoms with Crippen LogP contribution in [0.15, 0.2) is 16.6 Å². The van der Waals surface area contributed by atoms with Crippen molar-refractivity contribution in [1.29, 1.82) is 0 Å². The number of aliphatic hydroxyl groups excluding tert-OH is 1. The van der Waals surface area contributed by atoms with Crippen LogP contribution in [0.25, 0.3) is 0 Å². The van der Waals surface area contributed by atoms with Crippen LogP contribution in [0, 0.1) is 6.92 Å². The van der Waals surface area contributed by atoms with E-state index in [9.17, 15) is 10.2 Å². The molecule has 2 N–H and O–H groups in total. The fourth-order valence-electron chi connectivity index (χ4n) is 1.39. The average Bonchev–Trinajstić information content (AvgIpc) is 2.12. The van der Waals surface area contributed by atoms with Gasteiger partial charge in [-0.25, -0.2) is 0 Å². The largest absolute Gasteiger partial charge is 0.507 e. The lowest BCUT2D eigenvalue weighted by Crippen LogP contribution is -2.23. The van der Waals surface area contributed by atoms with Crippen LogP contribution in [0.2, 0.25) is 0 Å². The van der Waals surface area contributed by atoms with Gasteiger partial charge in [0, 0.05) is 15.5 Å². The number of benzene rings is 1. The molecule has 78 valence electrons. The second-order valence-corrected chi connectivity index (χ2v) is 4.98. The predicted molar refractivity (Wildman–Crippen MR) is 60.7 cm³/mol. The Morgan fingerprint density at radius 2 is 1.93 bits per heavy atom. The third kappa shape index (κ3) is 1.93. The molecule has 0 saturated heterocycles. The van der Waals surface area contributed by atoms with Gasteiger partial charge in [0.1, 0.15) is 5.75 Å². The number of rotatable bonds is 2. The van der Waals surface area contributed by atoms with E-state index in [4.69, 9.17) is 0 Å². The number of aliphatic hydroxyl groups is 1. The molecule has 0 fully saturated rings. The number of hydrogen-bond donors (Lipinski definition) is 2. The summed E-state index contributed by atoms with van der Waals surface area (Å²) >= 11 is 3.39. The minimum Gasteiger partial charge on any atom is -0.507 e. The maximum absolute atomic E-state index is 9.90. The van der Waals surface area contributed by atoms with Crippen LogP contribution >= 0.6 is 15.9 Å². The molecule has 0 aliphatic rings. The van der Waals surface area contributed by atoms with Gasteiger partial charge >= 0.3 is 0 Å². The third-order valence-electron chi connectivity index (χ3n) is 2.40. The molecule has 0 heterocycles. The van der Waals surface area contributed by atoms with Gasteiger partial charge in [-0.2, -0.15) is 0 Å². The molecule has 0 aliphatic heterocycles. The van der Waals surface area contributed by atoms with Gasteiger partial charge in [-0.05, 0) is 18.6 Å². The first-order chi connectivity index (χ1) is 6.40. The number of hydrogen-bond acceptors (Lipinski definition) is 2. The normalized spacial score (nSPS) is 11.8. The van der Waals surface area contributed by atoms with Crippen molar-refractivity contribution in [2.75, 3.05) is 6.61 Å². The Kier molecular flexibility index (Phi) is 3.22. The van der Waals surface area contributed by atoms with Crippen molar-refractivity contribution < 1.29 is 10.2 Å². The lowest BCUT2D eigenvalue weighted by Gasteiger charge is -2.25. The Hall–Kier alpha value is -0.540. The van der Waals surface area contributed by atoms with E-state index in [1.807, 2.05) is 32.9 Å². The topological polar surface area (TPSA) is 40.5 Å². The molecule has 1 rings (SSSR count). The molecule has 1 aromatic rings. The van der Waals surface area contributed by atoms with Crippen molar-refractivity contribution in [3.8, 4) is 5.75 Å². The number of halogens is 1. The summed E-state index contributed by atoms with van der Waals surface area (Å²) in [4.78, 5) is 0. The van der Waals surface area contributed by atoms with Crippen molar-refractivity contribution in [1.82, 2.24) is 0 Å². The van der Waals surface area contributed by atoms with E-state index in [1.54, 1.807) is 0 Å². The molecule has 3 heteroatoms. The zero-order valence-corrected chi connectivity index (χ0v) is 10.2. The fourth-order valence-corrected chi connectivity index (χ4v) is 2.25. The van der Waals surface area contributed by atoms with Crippen LogP contribution in [-0.4, -0.2) is 16.8 Å². The van der Waals surface area contributed by atoms with Crippen LogP contribution in [0.4, 0.5) is 0 Å². The van der Waals surface area contributed by atoms with Gasteiger partial charge in [0.05, 0.1) is 6.61 Å². The first-order valence-electron chi connectivity index (χ1n) is 4.49. The number of phenolic OH excluding ortho intramolecular Hbond substituents is 1. The van der Waals surface area contributed by atoms with Gasteiger partial charge in [0.2, 0.25) is 0 Å². The summed E-state index contributed by atoms with van der Waals surface area (Å²) in [5.74, 6) is 0.262. The van der Waals surface area contributed by atoms with E-state index in [2.05, 4.69) is 15.9 Å². The molecule has 0 aromatic heterocycles. The molecular weight excluding hydrogens is 244 g/mol. The minimum absolute atomic E-state index is 0.00259. The standard InChI is InChI=1S/C11H15BrO2/c1-7-4-5-8(12)9(10(7)14)11(2,3)6-13/h4-5,13-14H,6H2,1-3H3. The highest BCUT2D eigenvalue weighted by Crippen LogP contribution is 2.38. The van der Waals surface area contributed by atoms with E-state index < -0.39 is 5.41 Å². The van der Waals surface area contributed by atoms with E-state index in [0.717, 1.165) is 15.6 Å². The second-order valence-electron chi connectivity index (χ2n) is 4.13. The van der Waals surface area contributed by atoms with E-state index >= 15 is 0 Å². The Bertz CT molecular complexity index is 345. The van der Waals surface area contributed by atoms with Crippen LogP contribution in [0.3, 0.4) is 0 Å². The first-order valence-corrected chi connectivity index (χ1v) is 5.29. The van der Waals surface area contributed by atoms with Gasteiger partial charge in [-0.15, -0.1) is 0 Å². The smallest absolute Gasteiger partial charge is 0.123 e. The lowest BCUT2D eigenvalue weighted by molar-refractivity contribution is 0.214. The molecule has 0 spiro atoms. The Labute approximate surface area is 92.7 Å². The maximum Gasteiger partial charge on any atom is 0.123 e. The van der Waals surface area contributed by atoms with Crippen LogP contribution < -0.4 is 0 Å². The van der Waals surface area contributed by atoms with Crippen molar-refractivity contribution in [3.05, 3.63) is 27.7 Å². The van der Waals surface area contributed by atoms with Crippen LogP contribution in [0.5, 0.6) is 5.75 Å². The molecular formula is C11H15BrO2. The van der Waals surface area contributed by atoms with Gasteiger partial charge < -0.3 is 10.2 Å². The molecule has 1 aromatic carbocycles. The number of aromatic hydroxyl groups is 1. The van der Waals surface area contributed by atoms with Crippen molar-refractivity contribution >= 4 is 15.9 Å². The first kappa shape index (κ1) is 11.5. The van der Waals surface area contributed by atoms with Crippen molar-refractivity contribution in [3.63, 3.8) is 0 Å². The summed E-state index contributed by atoms with van der Waals surface area (Å²) in [7, 11) is 0. The molecule has 14 heavy (non-hydrogen) atoms. The number of aryl methyl sites for hydroxylation is 1. The Balaban J connectivity index is 3.40. The van der Waals surface area contributed by atoms with Gasteiger partial charge in [0.25, 0.3) is 0 Å². The second kappa shape index (κ2) is 3.91. The van der Waals surface area contributed by atoms with Gasteiger partial charge in [0.15, 0.2) is 0 Å². The summed E-state index contributed by atoms with van der Waals surface area (Å²) in [5, 5.41) is 19.2. The van der Waals surface area contributed by atoms with Crippen molar-refractivity contribution in [2.45, 2.75) is 26.2 Å². The summed E-state index contributed by atoms with van der Waals surface area (Å²) in [5.41, 5.74) is 1.15. The van der Waals surface area contributed by atoms with E-state index in [-0.39, 0.29) is 12.4 Å². The molecule has 0 aliphatic carbocycles. The van der Waals surface area contributed by atoms with E-state index in [0.29, 0.717) is 0 Å². The molecule has 0 saturated carbocycles. The highest BCUT2D eigenvalue weighted by atomic mass is 79.9. The Morgan fingerprint density at radius 1 is 1.36 bits per heavy atom. The zero-order valence-electron chi connectivity index (χ0n) is 8.63. The molecule has 0 bridgehead atoms.